The summed E-state index contributed by atoms with van der Waals surface area (Å²) in [6.07, 6.45) is -3.37. The number of benzene rings is 3. The van der Waals surface area contributed by atoms with E-state index in [-0.39, 0.29) is 5.75 Å². The van der Waals surface area contributed by atoms with Crippen LogP contribution in [-0.2, 0) is 12.5 Å². The van der Waals surface area contributed by atoms with Crippen LogP contribution in [-0.4, -0.2) is 33.0 Å². The molecule has 0 fully saturated rings. The normalized spacial score (nSPS) is 13.0. The molecule has 1 unspecified atom stereocenters. The smallest absolute Gasteiger partial charge is 0.422 e. The third-order valence-electron chi connectivity index (χ3n) is 5.40. The summed E-state index contributed by atoms with van der Waals surface area (Å²) in [5.41, 5.74) is 0.231. The van der Waals surface area contributed by atoms with E-state index in [1.54, 1.807) is 0 Å². The molecule has 0 N–H and O–H groups in total. The van der Waals surface area contributed by atoms with Gasteiger partial charge in [0.2, 0.25) is 0 Å². The van der Waals surface area contributed by atoms with Crippen molar-refractivity contribution in [3.8, 4) is 16.9 Å². The van der Waals surface area contributed by atoms with Gasteiger partial charge in [-0.25, -0.2) is 22.2 Å². The van der Waals surface area contributed by atoms with Crippen molar-refractivity contribution in [1.82, 2.24) is 20.2 Å². The average Bonchev–Trinajstić information content (AvgIpc) is 3.35. The van der Waals surface area contributed by atoms with E-state index < -0.39 is 53.9 Å². The zero-order valence-corrected chi connectivity index (χ0v) is 18.3. The molecule has 188 valence electrons. The molecule has 0 saturated heterocycles. The number of aromatic nitrogens is 4. The average molecular weight is 510 g/mol. The predicted octanol–water partition coefficient (Wildman–Crippen LogP) is 6.14. The first-order valence-corrected chi connectivity index (χ1v) is 10.5. The Balaban J connectivity index is 1.59. The topological polar surface area (TPSA) is 52.8 Å². The van der Waals surface area contributed by atoms with Crippen LogP contribution in [0.25, 0.3) is 11.1 Å². The minimum atomic E-state index is -4.47. The minimum Gasteiger partial charge on any atom is -0.484 e. The Morgan fingerprint density at radius 3 is 2.03 bits per heavy atom. The van der Waals surface area contributed by atoms with Crippen molar-refractivity contribution in [1.29, 1.82) is 0 Å². The molecule has 36 heavy (non-hydrogen) atoms. The summed E-state index contributed by atoms with van der Waals surface area (Å²) >= 11 is 0. The summed E-state index contributed by atoms with van der Waals surface area (Å²) in [5, 5.41) is 10.4. The first-order chi connectivity index (χ1) is 17.0. The molecule has 12 heteroatoms. The van der Waals surface area contributed by atoms with Gasteiger partial charge in [0.25, 0.3) is 5.92 Å². The molecule has 4 aromatic rings. The third-order valence-corrected chi connectivity index (χ3v) is 5.40. The molecule has 0 radical (unpaired) electrons. The summed E-state index contributed by atoms with van der Waals surface area (Å²) in [6, 6.07) is 13.2. The van der Waals surface area contributed by atoms with Crippen molar-refractivity contribution in [2.45, 2.75) is 24.6 Å². The fourth-order valence-corrected chi connectivity index (χ4v) is 3.64. The van der Waals surface area contributed by atoms with Crippen molar-refractivity contribution in [3.63, 3.8) is 0 Å². The molecule has 1 aromatic heterocycles. The quantitative estimate of drug-likeness (QED) is 0.268. The molecule has 0 aliphatic carbocycles. The number of alkyl halides is 5. The summed E-state index contributed by atoms with van der Waals surface area (Å²) < 4.78 is 102. The molecule has 0 saturated carbocycles. The molecule has 0 aliphatic rings. The fraction of sp³-hybridized carbons (Fsp3) is 0.208. The first kappa shape index (κ1) is 25.1. The second kappa shape index (κ2) is 9.96. The largest absolute Gasteiger partial charge is 0.484 e. The maximum Gasteiger partial charge on any atom is 0.422 e. The van der Waals surface area contributed by atoms with Crippen LogP contribution in [0.15, 0.2) is 73.1 Å². The van der Waals surface area contributed by atoms with E-state index in [1.165, 1.54) is 36.4 Å². The Hall–Kier alpha value is -3.96. The number of nitrogens with zero attached hydrogens (tertiary/aromatic N) is 4. The second-order valence-corrected chi connectivity index (χ2v) is 7.88. The van der Waals surface area contributed by atoms with Gasteiger partial charge >= 0.3 is 6.18 Å². The highest BCUT2D eigenvalue weighted by Crippen LogP contribution is 2.44. The molecule has 0 bridgehead atoms. The molecule has 0 spiro atoms. The number of rotatable bonds is 8. The summed E-state index contributed by atoms with van der Waals surface area (Å²) in [7, 11) is 0. The van der Waals surface area contributed by atoms with Gasteiger partial charge in [0, 0.05) is 11.6 Å². The van der Waals surface area contributed by atoms with Gasteiger partial charge in [0.15, 0.2) is 6.61 Å². The molecule has 5 nitrogen and oxygen atoms in total. The van der Waals surface area contributed by atoms with Gasteiger partial charge in [-0.15, -0.1) is 5.10 Å². The van der Waals surface area contributed by atoms with Crippen LogP contribution < -0.4 is 4.74 Å². The molecular formula is C24H17F7N4O. The lowest BCUT2D eigenvalue weighted by atomic mass is 9.87. The summed E-state index contributed by atoms with van der Waals surface area (Å²) in [4.78, 5) is 0. The van der Waals surface area contributed by atoms with Crippen LogP contribution in [0, 0.1) is 11.6 Å². The highest BCUT2D eigenvalue weighted by atomic mass is 19.4. The van der Waals surface area contributed by atoms with E-state index in [0.717, 1.165) is 35.3 Å². The maximum absolute atomic E-state index is 15.7. The van der Waals surface area contributed by atoms with Crippen molar-refractivity contribution < 1.29 is 35.5 Å². The summed E-state index contributed by atoms with van der Waals surface area (Å²) in [6.45, 7) is -1.92. The van der Waals surface area contributed by atoms with Crippen LogP contribution in [0.5, 0.6) is 5.75 Å². The van der Waals surface area contributed by atoms with Crippen LogP contribution >= 0.6 is 0 Å². The lowest BCUT2D eigenvalue weighted by Gasteiger charge is -2.28. The van der Waals surface area contributed by atoms with Gasteiger partial charge in [0.1, 0.15) is 23.7 Å². The van der Waals surface area contributed by atoms with Gasteiger partial charge in [-0.3, -0.25) is 0 Å². The molecular weight excluding hydrogens is 493 g/mol. The van der Waals surface area contributed by atoms with Crippen LogP contribution in [0.4, 0.5) is 30.7 Å². The standard InChI is InChI=1S/C24H17F7N4O/c25-18-7-10-20(22(26)11-18)21(12-35-14-32-33-34-35)24(30,31)17-5-1-15(2-6-17)16-3-8-19(9-4-16)36-13-23(27,28)29/h1-11,14,21H,12-13H2. The summed E-state index contributed by atoms with van der Waals surface area (Å²) in [5.74, 6) is -7.40. The SMILES string of the molecule is Fc1ccc(C(Cn2cnnn2)C(F)(F)c2ccc(-c3ccc(OCC(F)(F)F)cc3)cc2)c(F)c1. The first-order valence-electron chi connectivity index (χ1n) is 10.5. The Labute approximate surface area is 200 Å². The van der Waals surface area contributed by atoms with Crippen LogP contribution in [0.1, 0.15) is 17.0 Å². The number of halogens is 7. The maximum atomic E-state index is 15.7. The van der Waals surface area contributed by atoms with E-state index in [9.17, 15) is 22.0 Å². The van der Waals surface area contributed by atoms with E-state index in [4.69, 9.17) is 0 Å². The van der Waals surface area contributed by atoms with Gasteiger partial charge in [-0.05, 0) is 45.3 Å². The Morgan fingerprint density at radius 2 is 1.47 bits per heavy atom. The minimum absolute atomic E-state index is 0.00555. The molecule has 0 aliphatic heterocycles. The molecule has 0 amide bonds. The molecule has 1 heterocycles. The number of hydrogen-bond acceptors (Lipinski definition) is 4. The van der Waals surface area contributed by atoms with Crippen molar-refractivity contribution in [3.05, 3.63) is 95.8 Å². The Kier molecular flexibility index (Phi) is 6.95. The van der Waals surface area contributed by atoms with Gasteiger partial charge < -0.3 is 4.74 Å². The van der Waals surface area contributed by atoms with Gasteiger partial charge in [-0.1, -0.05) is 42.5 Å². The number of hydrogen-bond donors (Lipinski definition) is 0. The van der Waals surface area contributed by atoms with E-state index in [2.05, 4.69) is 20.3 Å². The van der Waals surface area contributed by atoms with Crippen molar-refractivity contribution in [2.75, 3.05) is 6.61 Å². The number of ether oxygens (including phenoxy) is 1. The monoisotopic (exact) mass is 510 g/mol. The Bertz CT molecular complexity index is 1290. The van der Waals surface area contributed by atoms with Crippen LogP contribution in [0.2, 0.25) is 0 Å². The highest BCUT2D eigenvalue weighted by molar-refractivity contribution is 5.64. The zero-order chi connectivity index (χ0) is 25.9. The fourth-order valence-electron chi connectivity index (χ4n) is 3.64. The van der Waals surface area contributed by atoms with Crippen molar-refractivity contribution in [2.24, 2.45) is 0 Å². The van der Waals surface area contributed by atoms with Crippen molar-refractivity contribution >= 4 is 0 Å². The van der Waals surface area contributed by atoms with Crippen LogP contribution in [0.3, 0.4) is 0 Å². The predicted molar refractivity (Wildman–Crippen MR) is 114 cm³/mol. The third kappa shape index (κ3) is 5.81. The lowest BCUT2D eigenvalue weighted by molar-refractivity contribution is -0.153. The molecule has 3 aromatic carbocycles. The lowest BCUT2D eigenvalue weighted by Crippen LogP contribution is -2.29. The zero-order valence-electron chi connectivity index (χ0n) is 18.3. The van der Waals surface area contributed by atoms with E-state index in [0.29, 0.717) is 17.2 Å². The van der Waals surface area contributed by atoms with E-state index in [1.807, 2.05) is 0 Å². The molecule has 4 rings (SSSR count). The Morgan fingerprint density at radius 1 is 0.833 bits per heavy atom. The molecule has 1 atom stereocenters. The highest BCUT2D eigenvalue weighted by Gasteiger charge is 2.44. The van der Waals surface area contributed by atoms with Gasteiger partial charge in [-0.2, -0.15) is 13.2 Å². The van der Waals surface area contributed by atoms with E-state index >= 15 is 8.78 Å². The second-order valence-electron chi connectivity index (χ2n) is 7.88. The number of tetrazole rings is 1. The van der Waals surface area contributed by atoms with Gasteiger partial charge in [0.05, 0.1) is 12.5 Å².